The molecule has 0 radical (unpaired) electrons. The van der Waals surface area contributed by atoms with Crippen molar-refractivity contribution in [2.24, 2.45) is 0 Å². The van der Waals surface area contributed by atoms with Crippen molar-refractivity contribution in [2.45, 2.75) is 77.5 Å². The lowest BCUT2D eigenvalue weighted by molar-refractivity contribution is -0.153. The van der Waals surface area contributed by atoms with Gasteiger partial charge in [-0.1, -0.05) is 0 Å². The number of nitrogens with zero attached hydrogens (tertiary/aromatic N) is 3. The summed E-state index contributed by atoms with van der Waals surface area (Å²) in [4.78, 5) is 14.7. The number of hydrogen-bond acceptors (Lipinski definition) is 4. The summed E-state index contributed by atoms with van der Waals surface area (Å²) in [6, 6.07) is 0.298. The average molecular weight is 349 g/mol. The van der Waals surface area contributed by atoms with E-state index in [1.54, 1.807) is 0 Å². The lowest BCUT2D eigenvalue weighted by Crippen LogP contribution is -2.52. The second-order valence-corrected chi connectivity index (χ2v) is 7.92. The summed E-state index contributed by atoms with van der Waals surface area (Å²) in [5.74, 6) is 0.167. The number of carbonyl (C=O) groups is 1. The number of amides is 1. The molecule has 2 aliphatic heterocycles. The molecule has 1 atom stereocenters. The Balaban J connectivity index is 1.62. The number of aliphatic hydroxyl groups excluding tert-OH is 1. The minimum absolute atomic E-state index is 0.167. The zero-order valence-electron chi connectivity index (χ0n) is 15.9. The highest BCUT2D eigenvalue weighted by molar-refractivity contribution is 5.79. The van der Waals surface area contributed by atoms with Crippen LogP contribution in [0.3, 0.4) is 0 Å². The number of piperidine rings is 1. The summed E-state index contributed by atoms with van der Waals surface area (Å²) in [6.07, 6.45) is 3.22. The van der Waals surface area contributed by atoms with E-state index in [2.05, 4.69) is 18.9 Å². The molecular formula is C19H31N3O3. The summed E-state index contributed by atoms with van der Waals surface area (Å²) in [5, 5.41) is 14.5. The Bertz CT molecular complexity index is 630. The van der Waals surface area contributed by atoms with Crippen molar-refractivity contribution >= 4 is 5.91 Å². The van der Waals surface area contributed by atoms with Crippen LogP contribution in [0.4, 0.5) is 0 Å². The van der Waals surface area contributed by atoms with Crippen LogP contribution in [0.25, 0.3) is 0 Å². The van der Waals surface area contributed by atoms with Gasteiger partial charge in [0.05, 0.1) is 23.8 Å². The third-order valence-electron chi connectivity index (χ3n) is 5.79. The van der Waals surface area contributed by atoms with Gasteiger partial charge in [-0.2, -0.15) is 5.10 Å². The molecule has 3 heterocycles. The third-order valence-corrected chi connectivity index (χ3v) is 5.79. The van der Waals surface area contributed by atoms with Gasteiger partial charge in [-0.05, 0) is 47.0 Å². The predicted octanol–water partition coefficient (Wildman–Crippen LogP) is 2.16. The lowest BCUT2D eigenvalue weighted by Gasteiger charge is -2.45. The Morgan fingerprint density at radius 1 is 1.36 bits per heavy atom. The first-order valence-electron chi connectivity index (χ1n) is 9.46. The second kappa shape index (κ2) is 7.08. The summed E-state index contributed by atoms with van der Waals surface area (Å²) in [5.41, 5.74) is 2.88. The van der Waals surface area contributed by atoms with E-state index in [9.17, 15) is 9.90 Å². The molecule has 0 aliphatic carbocycles. The van der Waals surface area contributed by atoms with Gasteiger partial charge in [-0.15, -0.1) is 0 Å². The van der Waals surface area contributed by atoms with Gasteiger partial charge >= 0.3 is 0 Å². The van der Waals surface area contributed by atoms with E-state index in [0.29, 0.717) is 38.6 Å². The van der Waals surface area contributed by atoms with Crippen LogP contribution in [0, 0.1) is 13.8 Å². The van der Waals surface area contributed by atoms with E-state index in [1.165, 1.54) is 0 Å². The molecule has 2 aliphatic rings. The molecule has 2 fully saturated rings. The molecule has 1 aromatic heterocycles. The molecule has 6 nitrogen and oxygen atoms in total. The molecule has 6 heteroatoms. The van der Waals surface area contributed by atoms with Crippen molar-refractivity contribution in [3.63, 3.8) is 0 Å². The Morgan fingerprint density at radius 2 is 2.04 bits per heavy atom. The first kappa shape index (κ1) is 18.4. The topological polar surface area (TPSA) is 67.6 Å². The fourth-order valence-corrected chi connectivity index (χ4v) is 4.23. The zero-order chi connectivity index (χ0) is 18.2. The van der Waals surface area contributed by atoms with E-state index in [0.717, 1.165) is 36.2 Å². The minimum atomic E-state index is -0.261. The molecule has 0 aromatic carbocycles. The first-order valence-corrected chi connectivity index (χ1v) is 9.46. The highest BCUT2D eigenvalue weighted by Gasteiger charge is 2.40. The van der Waals surface area contributed by atoms with Gasteiger partial charge in [-0.3, -0.25) is 9.48 Å². The predicted molar refractivity (Wildman–Crippen MR) is 95.5 cm³/mol. The van der Waals surface area contributed by atoms with Crippen molar-refractivity contribution in [3.8, 4) is 0 Å². The van der Waals surface area contributed by atoms with E-state index in [-0.39, 0.29) is 17.6 Å². The van der Waals surface area contributed by atoms with Gasteiger partial charge in [0.25, 0.3) is 0 Å². The van der Waals surface area contributed by atoms with E-state index in [4.69, 9.17) is 4.74 Å². The van der Waals surface area contributed by atoms with Gasteiger partial charge in [0, 0.05) is 43.4 Å². The smallest absolute Gasteiger partial charge is 0.227 e. The van der Waals surface area contributed by atoms with Crippen LogP contribution in [0.15, 0.2) is 0 Å². The highest BCUT2D eigenvalue weighted by atomic mass is 16.5. The molecule has 0 saturated carbocycles. The van der Waals surface area contributed by atoms with Gasteiger partial charge in [0.1, 0.15) is 0 Å². The average Bonchev–Trinajstić information content (AvgIpc) is 2.83. The number of hydrogen-bond donors (Lipinski definition) is 1. The standard InChI is InChI=1S/C19H31N3O3/c1-13(2)22-15(4)17(14(3)20-22)11-18(24)21-8-6-19(7-9-21)12-16(23)5-10-25-19/h13,16,23H,5-12H2,1-4H3. The summed E-state index contributed by atoms with van der Waals surface area (Å²) in [6.45, 7) is 10.3. The molecule has 1 unspecified atom stereocenters. The lowest BCUT2D eigenvalue weighted by atomic mass is 9.83. The second-order valence-electron chi connectivity index (χ2n) is 7.92. The fraction of sp³-hybridized carbons (Fsp3) is 0.789. The Morgan fingerprint density at radius 3 is 2.60 bits per heavy atom. The monoisotopic (exact) mass is 349 g/mol. The summed E-state index contributed by atoms with van der Waals surface area (Å²) < 4.78 is 7.98. The molecular weight excluding hydrogens is 318 g/mol. The number of likely N-dealkylation sites (tertiary alicyclic amines) is 1. The molecule has 3 rings (SSSR count). The fourth-order valence-electron chi connectivity index (χ4n) is 4.23. The molecule has 1 N–H and O–H groups in total. The third kappa shape index (κ3) is 3.75. The molecule has 1 spiro atoms. The maximum atomic E-state index is 12.8. The maximum absolute atomic E-state index is 12.8. The quantitative estimate of drug-likeness (QED) is 0.908. The van der Waals surface area contributed by atoms with Crippen molar-refractivity contribution in [2.75, 3.05) is 19.7 Å². The van der Waals surface area contributed by atoms with Crippen LogP contribution < -0.4 is 0 Å². The summed E-state index contributed by atoms with van der Waals surface area (Å²) in [7, 11) is 0. The Labute approximate surface area is 150 Å². The number of aryl methyl sites for hydroxylation is 1. The van der Waals surface area contributed by atoms with E-state index < -0.39 is 0 Å². The minimum Gasteiger partial charge on any atom is -0.393 e. The number of aromatic nitrogens is 2. The van der Waals surface area contributed by atoms with E-state index in [1.807, 2.05) is 23.4 Å². The van der Waals surface area contributed by atoms with Crippen molar-refractivity contribution in [3.05, 3.63) is 17.0 Å². The Hall–Kier alpha value is -1.40. The van der Waals surface area contributed by atoms with Gasteiger partial charge in [0.2, 0.25) is 5.91 Å². The number of ether oxygens (including phenoxy) is 1. The van der Waals surface area contributed by atoms with E-state index >= 15 is 0 Å². The molecule has 1 aromatic rings. The number of carbonyl (C=O) groups excluding carboxylic acids is 1. The molecule has 1 amide bonds. The SMILES string of the molecule is Cc1nn(C(C)C)c(C)c1CC(=O)N1CCC2(CC1)CC(O)CCO2. The van der Waals surface area contributed by atoms with Gasteiger partial charge in [0.15, 0.2) is 0 Å². The van der Waals surface area contributed by atoms with Crippen LogP contribution in [0.1, 0.15) is 62.5 Å². The molecule has 140 valence electrons. The Kier molecular flexibility index (Phi) is 5.21. The first-order chi connectivity index (χ1) is 11.8. The van der Waals surface area contributed by atoms with Gasteiger partial charge in [-0.25, -0.2) is 0 Å². The highest BCUT2D eigenvalue weighted by Crippen LogP contribution is 2.35. The van der Waals surface area contributed by atoms with Crippen LogP contribution in [0.2, 0.25) is 0 Å². The van der Waals surface area contributed by atoms with Crippen molar-refractivity contribution < 1.29 is 14.6 Å². The normalized spacial score (nSPS) is 23.4. The van der Waals surface area contributed by atoms with Crippen LogP contribution in [-0.4, -0.2) is 57.1 Å². The van der Waals surface area contributed by atoms with Crippen molar-refractivity contribution in [1.82, 2.24) is 14.7 Å². The number of rotatable bonds is 3. The molecule has 0 bridgehead atoms. The van der Waals surface area contributed by atoms with Crippen molar-refractivity contribution in [1.29, 1.82) is 0 Å². The molecule has 2 saturated heterocycles. The van der Waals surface area contributed by atoms with Crippen LogP contribution in [0.5, 0.6) is 0 Å². The summed E-state index contributed by atoms with van der Waals surface area (Å²) >= 11 is 0. The van der Waals surface area contributed by atoms with Crippen LogP contribution >= 0.6 is 0 Å². The zero-order valence-corrected chi connectivity index (χ0v) is 15.9. The maximum Gasteiger partial charge on any atom is 0.227 e. The van der Waals surface area contributed by atoms with Gasteiger partial charge < -0.3 is 14.7 Å². The van der Waals surface area contributed by atoms with Crippen LogP contribution in [-0.2, 0) is 16.0 Å². The molecule has 25 heavy (non-hydrogen) atoms. The largest absolute Gasteiger partial charge is 0.393 e. The number of aliphatic hydroxyl groups is 1.